The van der Waals surface area contributed by atoms with Crippen molar-refractivity contribution in [3.8, 4) is 0 Å². The fraction of sp³-hybridized carbons (Fsp3) is 0.850. The van der Waals surface area contributed by atoms with Gasteiger partial charge in [0.15, 0.2) is 5.78 Å². The maximum absolute atomic E-state index is 13.3. The summed E-state index contributed by atoms with van der Waals surface area (Å²) in [5.41, 5.74) is -0.638. The molecule has 7 heteroatoms. The van der Waals surface area contributed by atoms with Crippen molar-refractivity contribution in [1.29, 1.82) is 0 Å². The van der Waals surface area contributed by atoms with E-state index in [1.54, 1.807) is 20.8 Å². The molecule has 27 heavy (non-hydrogen) atoms. The van der Waals surface area contributed by atoms with Crippen molar-refractivity contribution < 1.29 is 23.9 Å². The van der Waals surface area contributed by atoms with Gasteiger partial charge in [0.25, 0.3) is 0 Å². The number of hydrogen-bond acceptors (Lipinski definition) is 6. The first-order valence-corrected chi connectivity index (χ1v) is 9.88. The lowest BCUT2D eigenvalue weighted by molar-refractivity contribution is -0.140. The van der Waals surface area contributed by atoms with E-state index >= 15 is 0 Å². The number of ether oxygens (including phenoxy) is 2. The number of ketones is 1. The van der Waals surface area contributed by atoms with E-state index in [1.807, 2.05) is 13.8 Å². The minimum atomic E-state index is -0.683. The number of alkyl carbamates (subject to hydrolysis) is 1. The molecule has 0 aromatic rings. The van der Waals surface area contributed by atoms with Crippen LogP contribution < -0.4 is 10.6 Å². The number of carbonyl (C=O) groups excluding carboxylic acids is 3. The molecule has 0 aromatic carbocycles. The molecule has 0 saturated heterocycles. The van der Waals surface area contributed by atoms with Crippen LogP contribution in [0.3, 0.4) is 0 Å². The molecule has 1 rings (SSSR count). The lowest BCUT2D eigenvalue weighted by Gasteiger charge is -2.33. The van der Waals surface area contributed by atoms with Gasteiger partial charge in [-0.1, -0.05) is 33.1 Å². The fourth-order valence-electron chi connectivity index (χ4n) is 3.43. The summed E-state index contributed by atoms with van der Waals surface area (Å²) < 4.78 is 10.0. The maximum Gasteiger partial charge on any atom is 0.408 e. The summed E-state index contributed by atoms with van der Waals surface area (Å²) in [5, 5.41) is 5.81. The quantitative estimate of drug-likeness (QED) is 0.625. The van der Waals surface area contributed by atoms with Crippen LogP contribution in [0.15, 0.2) is 0 Å². The Morgan fingerprint density at radius 2 is 1.67 bits per heavy atom. The van der Waals surface area contributed by atoms with Crippen molar-refractivity contribution in [3.05, 3.63) is 0 Å². The summed E-state index contributed by atoms with van der Waals surface area (Å²) in [4.78, 5) is 37.1. The Morgan fingerprint density at radius 1 is 1.07 bits per heavy atom. The molecule has 2 N–H and O–H groups in total. The van der Waals surface area contributed by atoms with Crippen LogP contribution in [0, 0.1) is 11.8 Å². The fourth-order valence-corrected chi connectivity index (χ4v) is 3.43. The predicted molar refractivity (Wildman–Crippen MR) is 103 cm³/mol. The molecule has 2 atom stereocenters. The van der Waals surface area contributed by atoms with E-state index < -0.39 is 29.7 Å². The van der Waals surface area contributed by atoms with Crippen molar-refractivity contribution in [2.24, 2.45) is 11.8 Å². The molecule has 0 heterocycles. The van der Waals surface area contributed by atoms with E-state index in [2.05, 4.69) is 10.6 Å². The zero-order chi connectivity index (χ0) is 20.6. The van der Waals surface area contributed by atoms with Gasteiger partial charge >= 0.3 is 12.1 Å². The molecule has 1 aliphatic rings. The summed E-state index contributed by atoms with van der Waals surface area (Å²) in [5.74, 6) is -0.468. The van der Waals surface area contributed by atoms with Crippen LogP contribution in [0.4, 0.5) is 4.79 Å². The molecule has 1 unspecified atom stereocenters. The maximum atomic E-state index is 13.3. The van der Waals surface area contributed by atoms with Crippen LogP contribution in [-0.2, 0) is 19.1 Å². The normalized spacial score (nSPS) is 17.9. The highest BCUT2D eigenvalue weighted by Gasteiger charge is 2.36. The van der Waals surface area contributed by atoms with Crippen LogP contribution in [-0.4, -0.2) is 49.2 Å². The van der Waals surface area contributed by atoms with Crippen LogP contribution in [0.2, 0.25) is 0 Å². The molecule has 1 aliphatic carbocycles. The largest absolute Gasteiger partial charge is 0.468 e. The molecule has 0 aliphatic heterocycles. The van der Waals surface area contributed by atoms with Crippen molar-refractivity contribution in [1.82, 2.24) is 10.6 Å². The van der Waals surface area contributed by atoms with Gasteiger partial charge in [-0.3, -0.25) is 14.9 Å². The van der Waals surface area contributed by atoms with Crippen LogP contribution in [0.1, 0.15) is 66.7 Å². The third-order valence-electron chi connectivity index (χ3n) is 4.77. The molecule has 1 amide bonds. The smallest absolute Gasteiger partial charge is 0.408 e. The average molecular weight is 385 g/mol. The van der Waals surface area contributed by atoms with Crippen LogP contribution in [0.25, 0.3) is 0 Å². The minimum Gasteiger partial charge on any atom is -0.468 e. The second-order valence-electron chi connectivity index (χ2n) is 8.60. The zero-order valence-corrected chi connectivity index (χ0v) is 17.6. The second-order valence-corrected chi connectivity index (χ2v) is 8.60. The van der Waals surface area contributed by atoms with E-state index in [0.29, 0.717) is 0 Å². The number of Topliss-reactive ketones (excluding diaryl/α,β-unsaturated/α-hetero) is 1. The Kier molecular flexibility index (Phi) is 9.22. The SMILES string of the molecule is COC(=O)CNC(C(=O)[C@@H](NC(=O)OC(C)(C)C)C(C)C)C1CCCCC1. The highest BCUT2D eigenvalue weighted by atomic mass is 16.6. The first-order chi connectivity index (χ1) is 12.5. The molecular formula is C20H36N2O5. The molecule has 156 valence electrons. The Bertz CT molecular complexity index is 507. The predicted octanol–water partition coefficient (Wildman–Crippen LogP) is 2.82. The Balaban J connectivity index is 2.91. The Labute approximate surface area is 162 Å². The van der Waals surface area contributed by atoms with Gasteiger partial charge in [0, 0.05) is 0 Å². The number of esters is 1. The van der Waals surface area contributed by atoms with Gasteiger partial charge in [0.05, 0.1) is 25.7 Å². The van der Waals surface area contributed by atoms with Gasteiger partial charge in [-0.05, 0) is 45.4 Å². The third-order valence-corrected chi connectivity index (χ3v) is 4.77. The first kappa shape index (κ1) is 23.4. The summed E-state index contributed by atoms with van der Waals surface area (Å²) >= 11 is 0. The van der Waals surface area contributed by atoms with Gasteiger partial charge in [-0.15, -0.1) is 0 Å². The topological polar surface area (TPSA) is 93.7 Å². The Morgan fingerprint density at radius 3 is 2.15 bits per heavy atom. The lowest BCUT2D eigenvalue weighted by Crippen LogP contribution is -2.56. The number of methoxy groups -OCH3 is 1. The molecule has 0 radical (unpaired) electrons. The zero-order valence-electron chi connectivity index (χ0n) is 17.6. The third kappa shape index (κ3) is 8.28. The van der Waals surface area contributed by atoms with E-state index in [1.165, 1.54) is 7.11 Å². The molecule has 1 saturated carbocycles. The highest BCUT2D eigenvalue weighted by Crippen LogP contribution is 2.28. The van der Waals surface area contributed by atoms with E-state index in [9.17, 15) is 14.4 Å². The number of amides is 1. The van der Waals surface area contributed by atoms with Crippen molar-refractivity contribution in [3.63, 3.8) is 0 Å². The van der Waals surface area contributed by atoms with E-state index in [-0.39, 0.29) is 24.2 Å². The van der Waals surface area contributed by atoms with E-state index in [0.717, 1.165) is 32.1 Å². The number of rotatable bonds is 8. The summed E-state index contributed by atoms with van der Waals surface area (Å²) in [7, 11) is 1.32. The highest BCUT2D eigenvalue weighted by molar-refractivity contribution is 5.92. The molecule has 1 fully saturated rings. The molecule has 0 spiro atoms. The van der Waals surface area contributed by atoms with Gasteiger partial charge in [-0.25, -0.2) is 4.79 Å². The van der Waals surface area contributed by atoms with Crippen LogP contribution in [0.5, 0.6) is 0 Å². The monoisotopic (exact) mass is 384 g/mol. The molecule has 7 nitrogen and oxygen atoms in total. The van der Waals surface area contributed by atoms with Gasteiger partial charge in [0.2, 0.25) is 0 Å². The summed E-state index contributed by atoms with van der Waals surface area (Å²) in [6, 6.07) is -1.18. The van der Waals surface area contributed by atoms with Gasteiger partial charge < -0.3 is 14.8 Å². The minimum absolute atomic E-state index is 0.0271. The second kappa shape index (κ2) is 10.6. The number of carbonyl (C=O) groups is 3. The summed E-state index contributed by atoms with van der Waals surface area (Å²) in [6.45, 7) is 9.08. The van der Waals surface area contributed by atoms with Crippen LogP contribution >= 0.6 is 0 Å². The molecule has 0 aromatic heterocycles. The van der Waals surface area contributed by atoms with Crippen molar-refractivity contribution in [2.45, 2.75) is 84.4 Å². The first-order valence-electron chi connectivity index (χ1n) is 9.88. The van der Waals surface area contributed by atoms with Gasteiger partial charge in [0.1, 0.15) is 5.60 Å². The van der Waals surface area contributed by atoms with Crippen molar-refractivity contribution >= 4 is 17.8 Å². The lowest BCUT2D eigenvalue weighted by atomic mass is 9.79. The molecular weight excluding hydrogens is 348 g/mol. The summed E-state index contributed by atoms with van der Waals surface area (Å²) in [6.07, 6.45) is 4.56. The Hall–Kier alpha value is -1.63. The standard InChI is InChI=1S/C20H36N2O5/c1-13(2)16(22-19(25)27-20(3,4)5)18(24)17(21-12-15(23)26-6)14-10-8-7-9-11-14/h13-14,16-17,21H,7-12H2,1-6H3,(H,22,25)/t16-,17?/m0/s1. The van der Waals surface area contributed by atoms with Gasteiger partial charge in [-0.2, -0.15) is 0 Å². The van der Waals surface area contributed by atoms with Crippen molar-refractivity contribution in [2.75, 3.05) is 13.7 Å². The van der Waals surface area contributed by atoms with E-state index in [4.69, 9.17) is 9.47 Å². The number of nitrogens with one attached hydrogen (secondary N) is 2. The molecule has 0 bridgehead atoms. The average Bonchev–Trinajstić information content (AvgIpc) is 2.58. The number of hydrogen-bond donors (Lipinski definition) is 2.